The van der Waals surface area contributed by atoms with Gasteiger partial charge in [0.1, 0.15) is 18.1 Å². The van der Waals surface area contributed by atoms with Gasteiger partial charge in [-0.1, -0.05) is 47.2 Å². The van der Waals surface area contributed by atoms with E-state index in [0.29, 0.717) is 42.7 Å². The second kappa shape index (κ2) is 11.5. The molecule has 9 nitrogen and oxygen atoms in total. The van der Waals surface area contributed by atoms with Crippen molar-refractivity contribution in [2.75, 3.05) is 20.3 Å². The fourth-order valence-electron chi connectivity index (χ4n) is 4.36. The molecule has 0 aliphatic carbocycles. The highest BCUT2D eigenvalue weighted by atomic mass is 35.5. The number of methoxy groups -OCH3 is 1. The Labute approximate surface area is 236 Å². The van der Waals surface area contributed by atoms with Crippen LogP contribution in [0.2, 0.25) is 5.02 Å². The van der Waals surface area contributed by atoms with Gasteiger partial charge in [-0.05, 0) is 48.9 Å². The number of esters is 1. The van der Waals surface area contributed by atoms with E-state index in [2.05, 4.69) is 4.99 Å². The molecule has 1 atom stereocenters. The van der Waals surface area contributed by atoms with E-state index in [0.717, 1.165) is 0 Å². The molecule has 0 fully saturated rings. The lowest BCUT2D eigenvalue weighted by Crippen LogP contribution is -2.40. The number of nitrogens with zero attached hydrogens (tertiary/aromatic N) is 2. The predicted molar refractivity (Wildman–Crippen MR) is 149 cm³/mol. The number of carbonyl (C=O) groups is 2. The summed E-state index contributed by atoms with van der Waals surface area (Å²) in [6.07, 6.45) is 1.60. The zero-order valence-corrected chi connectivity index (χ0v) is 23.0. The highest BCUT2D eigenvalue weighted by Crippen LogP contribution is 2.31. The van der Waals surface area contributed by atoms with Gasteiger partial charge in [0.15, 0.2) is 4.80 Å². The van der Waals surface area contributed by atoms with E-state index in [1.807, 2.05) is 0 Å². The van der Waals surface area contributed by atoms with Gasteiger partial charge in [0.25, 0.3) is 5.56 Å². The van der Waals surface area contributed by atoms with Crippen molar-refractivity contribution in [3.05, 3.63) is 114 Å². The number of hydrogen-bond acceptors (Lipinski definition) is 8. The van der Waals surface area contributed by atoms with Gasteiger partial charge in [0, 0.05) is 23.8 Å². The van der Waals surface area contributed by atoms with Gasteiger partial charge in [0.2, 0.25) is 0 Å². The number of carboxylic acids is 1. The molecule has 1 aliphatic rings. The van der Waals surface area contributed by atoms with Gasteiger partial charge in [-0.15, -0.1) is 0 Å². The third-order valence-corrected chi connectivity index (χ3v) is 7.48. The zero-order valence-electron chi connectivity index (χ0n) is 21.4. The van der Waals surface area contributed by atoms with E-state index in [1.54, 1.807) is 61.5 Å². The van der Waals surface area contributed by atoms with Gasteiger partial charge < -0.3 is 19.0 Å². The molecule has 0 amide bonds. The molecular formula is C29H23ClN2O7S. The molecular weight excluding hydrogens is 556 g/mol. The van der Waals surface area contributed by atoms with Crippen LogP contribution in [0.4, 0.5) is 0 Å². The van der Waals surface area contributed by atoms with Crippen LogP contribution in [0.3, 0.4) is 0 Å². The minimum absolute atomic E-state index is 0.0556. The van der Waals surface area contributed by atoms with Crippen LogP contribution in [0.5, 0.6) is 0 Å². The van der Waals surface area contributed by atoms with Crippen LogP contribution in [0.1, 0.15) is 34.6 Å². The van der Waals surface area contributed by atoms with Crippen LogP contribution in [0.25, 0.3) is 17.4 Å². The lowest BCUT2D eigenvalue weighted by Gasteiger charge is -2.24. The zero-order chi connectivity index (χ0) is 28.4. The molecule has 40 heavy (non-hydrogen) atoms. The van der Waals surface area contributed by atoms with E-state index < -0.39 is 18.0 Å². The summed E-state index contributed by atoms with van der Waals surface area (Å²) in [6, 6.07) is 15.9. The topological polar surface area (TPSA) is 120 Å². The fourth-order valence-corrected chi connectivity index (χ4v) is 5.51. The number of aromatic carboxylic acids is 1. The Hall–Kier alpha value is -4.25. The number of fused-ring (bicyclic) bond motifs is 1. The number of benzene rings is 2. The molecule has 0 spiro atoms. The highest BCUT2D eigenvalue weighted by Gasteiger charge is 2.33. The molecule has 1 aliphatic heterocycles. The number of carbonyl (C=O) groups excluding carboxylic acids is 1. The summed E-state index contributed by atoms with van der Waals surface area (Å²) in [5, 5.41) is 9.80. The molecule has 1 unspecified atom stereocenters. The Balaban J connectivity index is 1.58. The summed E-state index contributed by atoms with van der Waals surface area (Å²) in [6.45, 7) is 1.99. The minimum Gasteiger partial charge on any atom is -0.478 e. The molecule has 204 valence electrons. The Morgan fingerprint density at radius 3 is 2.65 bits per heavy atom. The van der Waals surface area contributed by atoms with E-state index >= 15 is 0 Å². The number of aromatic nitrogens is 1. The maximum atomic E-state index is 13.8. The van der Waals surface area contributed by atoms with Gasteiger partial charge in [-0.2, -0.15) is 0 Å². The van der Waals surface area contributed by atoms with Crippen molar-refractivity contribution in [3.8, 4) is 11.3 Å². The normalized spacial score (nSPS) is 15.1. The lowest BCUT2D eigenvalue weighted by molar-refractivity contribution is -0.140. The third kappa shape index (κ3) is 5.42. The molecule has 0 saturated carbocycles. The summed E-state index contributed by atoms with van der Waals surface area (Å²) in [5.74, 6) is -0.772. The summed E-state index contributed by atoms with van der Waals surface area (Å²) in [4.78, 5) is 43.2. The molecule has 0 radical (unpaired) electrons. The molecule has 2 aromatic carbocycles. The summed E-state index contributed by atoms with van der Waals surface area (Å²) in [7, 11) is 1.51. The first kappa shape index (κ1) is 27.3. The first-order valence-corrected chi connectivity index (χ1v) is 13.3. The average Bonchev–Trinajstić information content (AvgIpc) is 3.53. The Bertz CT molecular complexity index is 1820. The number of allylic oxidation sites excluding steroid dienone is 1. The largest absolute Gasteiger partial charge is 0.478 e. The molecule has 5 rings (SSSR count). The van der Waals surface area contributed by atoms with Crippen LogP contribution < -0.4 is 14.9 Å². The van der Waals surface area contributed by atoms with Gasteiger partial charge in [0.05, 0.1) is 34.0 Å². The van der Waals surface area contributed by atoms with Crippen molar-refractivity contribution >= 4 is 41.0 Å². The van der Waals surface area contributed by atoms with Crippen molar-refractivity contribution < 1.29 is 28.6 Å². The quantitative estimate of drug-likeness (QED) is 0.247. The standard InChI is InChI=1S/C29H23ClN2O7S/c1-16-24(28(36)38-13-12-37-2)25(17-6-8-20(30)9-7-17)32-26(33)23(40-29(32)31-16)15-21-10-11-22(39-21)18-4-3-5-19(14-18)27(34)35/h3-11,14-15,25H,12-13H2,1-2H3,(H,34,35). The average molecular weight is 579 g/mol. The third-order valence-electron chi connectivity index (χ3n) is 6.24. The second-order valence-corrected chi connectivity index (χ2v) is 10.3. The number of carboxylic acid groups (broad SMARTS) is 1. The minimum atomic E-state index is -1.04. The second-order valence-electron chi connectivity index (χ2n) is 8.85. The number of hydrogen-bond donors (Lipinski definition) is 1. The SMILES string of the molecule is COCCOC(=O)C1=C(C)N=c2sc(=Cc3ccc(-c4cccc(C(=O)O)c4)o3)c(=O)n2C1c1ccc(Cl)cc1. The molecule has 2 aromatic heterocycles. The molecule has 0 saturated heterocycles. The van der Waals surface area contributed by atoms with Crippen LogP contribution in [-0.2, 0) is 14.3 Å². The first-order chi connectivity index (χ1) is 19.3. The maximum absolute atomic E-state index is 13.8. The van der Waals surface area contributed by atoms with Crippen LogP contribution in [-0.4, -0.2) is 41.9 Å². The van der Waals surface area contributed by atoms with E-state index in [4.69, 9.17) is 25.5 Å². The maximum Gasteiger partial charge on any atom is 0.338 e. The van der Waals surface area contributed by atoms with Crippen molar-refractivity contribution in [2.45, 2.75) is 13.0 Å². The predicted octanol–water partition coefficient (Wildman–Crippen LogP) is 4.04. The molecule has 1 N–H and O–H groups in total. The monoisotopic (exact) mass is 578 g/mol. The Morgan fingerprint density at radius 1 is 1.15 bits per heavy atom. The number of rotatable bonds is 8. The Kier molecular flexibility index (Phi) is 7.83. The number of furan rings is 1. The van der Waals surface area contributed by atoms with Gasteiger partial charge in [-0.3, -0.25) is 9.36 Å². The van der Waals surface area contributed by atoms with Crippen molar-refractivity contribution in [1.82, 2.24) is 4.57 Å². The molecule has 0 bridgehead atoms. The summed E-state index contributed by atoms with van der Waals surface area (Å²) < 4.78 is 18.1. The van der Waals surface area contributed by atoms with Gasteiger partial charge in [-0.25, -0.2) is 14.6 Å². The van der Waals surface area contributed by atoms with Crippen molar-refractivity contribution in [3.63, 3.8) is 0 Å². The first-order valence-electron chi connectivity index (χ1n) is 12.1. The van der Waals surface area contributed by atoms with E-state index in [-0.39, 0.29) is 29.9 Å². The van der Waals surface area contributed by atoms with Crippen LogP contribution in [0, 0.1) is 0 Å². The fraction of sp³-hybridized carbons (Fsp3) is 0.172. The summed E-state index contributed by atoms with van der Waals surface area (Å²) >= 11 is 7.28. The number of thiazole rings is 1. The van der Waals surface area contributed by atoms with E-state index in [1.165, 1.54) is 35.1 Å². The molecule has 4 aromatic rings. The van der Waals surface area contributed by atoms with Crippen molar-refractivity contribution in [2.24, 2.45) is 4.99 Å². The van der Waals surface area contributed by atoms with Crippen LogP contribution >= 0.6 is 22.9 Å². The van der Waals surface area contributed by atoms with E-state index in [9.17, 15) is 19.5 Å². The molecule has 3 heterocycles. The lowest BCUT2D eigenvalue weighted by atomic mass is 9.96. The van der Waals surface area contributed by atoms with Crippen LogP contribution in [0.15, 0.2) is 86.1 Å². The van der Waals surface area contributed by atoms with Crippen molar-refractivity contribution in [1.29, 1.82) is 0 Å². The molecule has 11 heteroatoms. The Morgan fingerprint density at radius 2 is 1.93 bits per heavy atom. The smallest absolute Gasteiger partial charge is 0.338 e. The summed E-state index contributed by atoms with van der Waals surface area (Å²) in [5.41, 5.74) is 1.73. The van der Waals surface area contributed by atoms with Gasteiger partial charge >= 0.3 is 11.9 Å². The number of ether oxygens (including phenoxy) is 2. The number of halogens is 1. The highest BCUT2D eigenvalue weighted by molar-refractivity contribution is 7.07.